The average molecular weight is 366 g/mol. The van der Waals surface area contributed by atoms with E-state index in [2.05, 4.69) is 41.4 Å². The van der Waals surface area contributed by atoms with E-state index in [0.717, 1.165) is 38.0 Å². The van der Waals surface area contributed by atoms with E-state index >= 15 is 0 Å². The van der Waals surface area contributed by atoms with E-state index in [-0.39, 0.29) is 11.7 Å². The van der Waals surface area contributed by atoms with Crippen molar-refractivity contribution >= 4 is 5.91 Å². The molecule has 1 N–H and O–H groups in total. The molecule has 2 aromatic carbocycles. The lowest BCUT2D eigenvalue weighted by Gasteiger charge is -2.19. The Morgan fingerprint density at radius 3 is 2.63 bits per heavy atom. The average Bonchev–Trinajstić information content (AvgIpc) is 3.35. The number of likely N-dealkylation sites (tertiary alicyclic amines) is 1. The lowest BCUT2D eigenvalue weighted by molar-refractivity contribution is -0.123. The van der Waals surface area contributed by atoms with E-state index < -0.39 is 5.41 Å². The third-order valence-electron chi connectivity index (χ3n) is 6.20. The minimum atomic E-state index is -0.428. The summed E-state index contributed by atoms with van der Waals surface area (Å²) in [5, 5.41) is 3.12. The fraction of sp³-hybridized carbons (Fsp3) is 0.435. The maximum absolute atomic E-state index is 13.1. The number of nitrogens with one attached hydrogen (secondary N) is 1. The Morgan fingerprint density at radius 2 is 1.93 bits per heavy atom. The van der Waals surface area contributed by atoms with Crippen molar-refractivity contribution in [3.8, 4) is 0 Å². The summed E-state index contributed by atoms with van der Waals surface area (Å²) < 4.78 is 13.1. The van der Waals surface area contributed by atoms with Crippen LogP contribution in [-0.4, -0.2) is 37.0 Å². The first kappa shape index (κ1) is 18.2. The van der Waals surface area contributed by atoms with Crippen LogP contribution in [0.4, 0.5) is 4.39 Å². The van der Waals surface area contributed by atoms with E-state index in [1.807, 2.05) is 0 Å². The summed E-state index contributed by atoms with van der Waals surface area (Å²) in [5.74, 6) is 0.423. The SMILES string of the molecule is Cc1ccccc1[C@H]1CCN(CCNC(=O)C2(c3ccc(F)cc3)CC2)C1. The second-order valence-corrected chi connectivity index (χ2v) is 7.99. The summed E-state index contributed by atoms with van der Waals surface area (Å²) in [4.78, 5) is 15.1. The van der Waals surface area contributed by atoms with Gasteiger partial charge in [0.1, 0.15) is 5.82 Å². The second kappa shape index (κ2) is 7.43. The van der Waals surface area contributed by atoms with Crippen molar-refractivity contribution in [3.63, 3.8) is 0 Å². The highest BCUT2D eigenvalue weighted by Crippen LogP contribution is 2.48. The molecule has 3 nitrogen and oxygen atoms in total. The smallest absolute Gasteiger partial charge is 0.230 e. The Labute approximate surface area is 160 Å². The summed E-state index contributed by atoms with van der Waals surface area (Å²) in [6.45, 7) is 5.88. The number of hydrogen-bond acceptors (Lipinski definition) is 2. The molecule has 0 spiro atoms. The van der Waals surface area contributed by atoms with Crippen molar-refractivity contribution in [2.45, 2.75) is 37.5 Å². The topological polar surface area (TPSA) is 32.3 Å². The zero-order valence-corrected chi connectivity index (χ0v) is 15.9. The number of nitrogens with zero attached hydrogens (tertiary/aromatic N) is 1. The van der Waals surface area contributed by atoms with Gasteiger partial charge in [-0.2, -0.15) is 0 Å². The number of rotatable bonds is 6. The molecule has 142 valence electrons. The van der Waals surface area contributed by atoms with Gasteiger partial charge in [0.05, 0.1) is 5.41 Å². The molecule has 27 heavy (non-hydrogen) atoms. The van der Waals surface area contributed by atoms with Gasteiger partial charge in [-0.1, -0.05) is 36.4 Å². The highest BCUT2D eigenvalue weighted by Gasteiger charge is 2.51. The van der Waals surface area contributed by atoms with Gasteiger partial charge in [0.2, 0.25) is 5.91 Å². The minimum absolute atomic E-state index is 0.0868. The van der Waals surface area contributed by atoms with E-state index in [4.69, 9.17) is 0 Å². The molecule has 1 saturated heterocycles. The third-order valence-corrected chi connectivity index (χ3v) is 6.20. The van der Waals surface area contributed by atoms with Crippen LogP contribution in [0.1, 0.15) is 41.9 Å². The molecular weight excluding hydrogens is 339 g/mol. The summed E-state index contributed by atoms with van der Waals surface area (Å²) in [6.07, 6.45) is 2.88. The molecule has 1 amide bonds. The van der Waals surface area contributed by atoms with Crippen LogP contribution in [0.5, 0.6) is 0 Å². The second-order valence-electron chi connectivity index (χ2n) is 7.99. The fourth-order valence-electron chi connectivity index (χ4n) is 4.37. The molecular formula is C23H27FN2O. The van der Waals surface area contributed by atoms with Crippen LogP contribution in [0.25, 0.3) is 0 Å². The summed E-state index contributed by atoms with van der Waals surface area (Å²) in [5.41, 5.74) is 3.33. The standard InChI is InChI=1S/C23H27FN2O/c1-17-4-2-3-5-21(17)18-10-14-26(16-18)15-13-25-22(27)23(11-12-23)19-6-8-20(24)9-7-19/h2-9,18H,10-16H2,1H3,(H,25,27)/t18-/m0/s1. The van der Waals surface area contributed by atoms with Gasteiger partial charge in [-0.05, 0) is 67.5 Å². The van der Waals surface area contributed by atoms with Gasteiger partial charge in [-0.3, -0.25) is 4.79 Å². The van der Waals surface area contributed by atoms with Crippen LogP contribution >= 0.6 is 0 Å². The molecule has 2 aliphatic rings. The van der Waals surface area contributed by atoms with Gasteiger partial charge in [-0.25, -0.2) is 4.39 Å². The predicted octanol–water partition coefficient (Wildman–Crippen LogP) is 3.77. The Hall–Kier alpha value is -2.20. The van der Waals surface area contributed by atoms with Crippen LogP contribution < -0.4 is 5.32 Å². The highest BCUT2D eigenvalue weighted by molar-refractivity contribution is 5.91. The molecule has 1 atom stereocenters. The van der Waals surface area contributed by atoms with E-state index in [1.165, 1.54) is 29.7 Å². The zero-order chi connectivity index (χ0) is 18.9. The molecule has 2 aromatic rings. The first-order chi connectivity index (χ1) is 13.1. The van der Waals surface area contributed by atoms with Crippen molar-refractivity contribution in [2.75, 3.05) is 26.2 Å². The van der Waals surface area contributed by atoms with E-state index in [0.29, 0.717) is 12.5 Å². The molecule has 4 rings (SSSR count). The lowest BCUT2D eigenvalue weighted by atomic mass is 9.94. The van der Waals surface area contributed by atoms with Gasteiger partial charge in [0.15, 0.2) is 0 Å². The van der Waals surface area contributed by atoms with Crippen LogP contribution in [0, 0.1) is 12.7 Å². The fourth-order valence-corrected chi connectivity index (χ4v) is 4.37. The lowest BCUT2D eigenvalue weighted by Crippen LogP contribution is -2.39. The largest absolute Gasteiger partial charge is 0.354 e. The van der Waals surface area contributed by atoms with Crippen molar-refractivity contribution in [1.29, 1.82) is 0 Å². The minimum Gasteiger partial charge on any atom is -0.354 e. The summed E-state index contributed by atoms with van der Waals surface area (Å²) in [6, 6.07) is 15.0. The summed E-state index contributed by atoms with van der Waals surface area (Å²) in [7, 11) is 0. The highest BCUT2D eigenvalue weighted by atomic mass is 19.1. The molecule has 1 aliphatic carbocycles. The van der Waals surface area contributed by atoms with Crippen LogP contribution in [-0.2, 0) is 10.2 Å². The number of halogens is 1. The summed E-state index contributed by atoms with van der Waals surface area (Å²) >= 11 is 0. The number of benzene rings is 2. The van der Waals surface area contributed by atoms with Crippen molar-refractivity contribution in [3.05, 3.63) is 71.0 Å². The van der Waals surface area contributed by atoms with Crippen molar-refractivity contribution in [1.82, 2.24) is 10.2 Å². The van der Waals surface area contributed by atoms with E-state index in [1.54, 1.807) is 12.1 Å². The first-order valence-corrected chi connectivity index (χ1v) is 9.91. The number of amides is 1. The van der Waals surface area contributed by atoms with E-state index in [9.17, 15) is 9.18 Å². The first-order valence-electron chi connectivity index (χ1n) is 9.91. The van der Waals surface area contributed by atoms with Gasteiger partial charge >= 0.3 is 0 Å². The van der Waals surface area contributed by atoms with Gasteiger partial charge < -0.3 is 10.2 Å². The van der Waals surface area contributed by atoms with Gasteiger partial charge in [-0.15, -0.1) is 0 Å². The molecule has 0 aromatic heterocycles. The molecule has 1 heterocycles. The molecule has 1 saturated carbocycles. The van der Waals surface area contributed by atoms with Crippen molar-refractivity contribution < 1.29 is 9.18 Å². The number of aryl methyl sites for hydroxylation is 1. The quantitative estimate of drug-likeness (QED) is 0.844. The van der Waals surface area contributed by atoms with Gasteiger partial charge in [0.25, 0.3) is 0 Å². The molecule has 1 aliphatic heterocycles. The molecule has 0 bridgehead atoms. The Morgan fingerprint density at radius 1 is 1.19 bits per heavy atom. The Kier molecular flexibility index (Phi) is 5.00. The van der Waals surface area contributed by atoms with Crippen LogP contribution in [0.15, 0.2) is 48.5 Å². The van der Waals surface area contributed by atoms with Gasteiger partial charge in [0, 0.05) is 19.6 Å². The van der Waals surface area contributed by atoms with Crippen molar-refractivity contribution in [2.24, 2.45) is 0 Å². The predicted molar refractivity (Wildman–Crippen MR) is 105 cm³/mol. The maximum Gasteiger partial charge on any atom is 0.230 e. The normalized spacial score (nSPS) is 21.2. The van der Waals surface area contributed by atoms with Crippen LogP contribution in [0.2, 0.25) is 0 Å². The van der Waals surface area contributed by atoms with Crippen LogP contribution in [0.3, 0.4) is 0 Å². The zero-order valence-electron chi connectivity index (χ0n) is 15.9. The maximum atomic E-state index is 13.1. The Balaban J connectivity index is 1.27. The number of hydrogen-bond donors (Lipinski definition) is 1. The molecule has 0 radical (unpaired) electrons. The monoisotopic (exact) mass is 366 g/mol. The molecule has 2 fully saturated rings. The Bertz CT molecular complexity index is 813. The molecule has 0 unspecified atom stereocenters. The number of carbonyl (C=O) groups excluding carboxylic acids is 1. The number of carbonyl (C=O) groups is 1. The molecule has 4 heteroatoms. The third kappa shape index (κ3) is 3.77.